The second-order valence-corrected chi connectivity index (χ2v) is 2.15. The number of rotatable bonds is 3. The predicted octanol–water partition coefficient (Wildman–Crippen LogP) is -0.798. The molecule has 66 valence electrons. The first-order valence-corrected chi connectivity index (χ1v) is 3.32. The molecule has 12 heavy (non-hydrogen) atoms. The normalized spacial score (nSPS) is 9.83. The number of nitrogens with two attached hydrogens (primary N) is 1. The van der Waals surface area contributed by atoms with E-state index in [2.05, 4.69) is 15.4 Å². The number of nitrogens with zero attached hydrogens (tertiary/aromatic N) is 1. The number of hydrogen-bond acceptors (Lipinski definition) is 5. The van der Waals surface area contributed by atoms with E-state index < -0.39 is 0 Å². The van der Waals surface area contributed by atoms with Gasteiger partial charge in [0.1, 0.15) is 18.2 Å². The Morgan fingerprint density at radius 2 is 2.58 bits per heavy atom. The quantitative estimate of drug-likeness (QED) is 0.408. The van der Waals surface area contributed by atoms with Crippen LogP contribution in [-0.4, -0.2) is 17.1 Å². The molecule has 4 N–H and O–H groups in total. The van der Waals surface area contributed by atoms with E-state index in [4.69, 9.17) is 10.6 Å². The highest BCUT2D eigenvalue weighted by atomic mass is 16.5. The van der Waals surface area contributed by atoms with E-state index in [9.17, 15) is 4.79 Å². The van der Waals surface area contributed by atoms with Gasteiger partial charge in [-0.1, -0.05) is 0 Å². The van der Waals surface area contributed by atoms with Crippen molar-refractivity contribution in [2.45, 2.75) is 6.61 Å². The molecule has 0 unspecified atom stereocenters. The van der Waals surface area contributed by atoms with Crippen molar-refractivity contribution in [2.24, 2.45) is 5.84 Å². The van der Waals surface area contributed by atoms with Gasteiger partial charge in [-0.05, 0) is 0 Å². The molecule has 0 atom stereocenters. The van der Waals surface area contributed by atoms with Crippen LogP contribution in [-0.2, 0) is 11.3 Å². The average Bonchev–Trinajstić information content (AvgIpc) is 2.04. The Labute approximate surface area is 68.7 Å². The molecule has 1 rings (SSSR count). The van der Waals surface area contributed by atoms with Gasteiger partial charge in [0.05, 0.1) is 0 Å². The fourth-order valence-electron chi connectivity index (χ4n) is 0.787. The summed E-state index contributed by atoms with van der Waals surface area (Å²) in [5.74, 6) is 5.85. The lowest BCUT2D eigenvalue weighted by Crippen LogP contribution is -2.17. The maximum atomic E-state index is 10.9. The molecule has 0 aliphatic rings. The van der Waals surface area contributed by atoms with Crippen molar-refractivity contribution in [1.29, 1.82) is 0 Å². The molecule has 0 saturated heterocycles. The summed E-state index contributed by atoms with van der Waals surface area (Å²) in [4.78, 5) is 17.3. The van der Waals surface area contributed by atoms with Crippen LogP contribution in [0.25, 0.3) is 0 Å². The lowest BCUT2D eigenvalue weighted by molar-refractivity contribution is 0.177. The fraction of sp³-hybridized carbons (Fsp3) is 0.333. The summed E-state index contributed by atoms with van der Waals surface area (Å²) in [6.07, 6.45) is 0. The van der Waals surface area contributed by atoms with E-state index in [0.29, 0.717) is 11.6 Å². The largest absolute Gasteiger partial charge is 0.377 e. The van der Waals surface area contributed by atoms with Gasteiger partial charge in [-0.25, -0.2) is 10.8 Å². The van der Waals surface area contributed by atoms with Gasteiger partial charge >= 0.3 is 0 Å². The van der Waals surface area contributed by atoms with Gasteiger partial charge in [-0.15, -0.1) is 0 Å². The molecular formula is C6H10N4O2. The molecule has 0 fully saturated rings. The van der Waals surface area contributed by atoms with E-state index in [1.165, 1.54) is 13.2 Å². The lowest BCUT2D eigenvalue weighted by atomic mass is 10.5. The molecule has 0 spiro atoms. The van der Waals surface area contributed by atoms with Gasteiger partial charge < -0.3 is 15.1 Å². The molecule has 0 saturated carbocycles. The number of aromatic nitrogens is 2. The maximum absolute atomic E-state index is 10.9. The van der Waals surface area contributed by atoms with Crippen molar-refractivity contribution in [3.8, 4) is 0 Å². The third kappa shape index (κ3) is 2.04. The number of hydrogen-bond donors (Lipinski definition) is 3. The van der Waals surface area contributed by atoms with E-state index >= 15 is 0 Å². The van der Waals surface area contributed by atoms with E-state index in [1.54, 1.807) is 0 Å². The minimum atomic E-state index is -0.259. The van der Waals surface area contributed by atoms with Crippen LogP contribution in [0.5, 0.6) is 0 Å². The van der Waals surface area contributed by atoms with Crippen LogP contribution in [0.1, 0.15) is 5.82 Å². The predicted molar refractivity (Wildman–Crippen MR) is 43.4 cm³/mol. The first-order chi connectivity index (χ1) is 5.76. The van der Waals surface area contributed by atoms with Gasteiger partial charge in [0.15, 0.2) is 0 Å². The van der Waals surface area contributed by atoms with Crippen LogP contribution in [0.2, 0.25) is 0 Å². The highest BCUT2D eigenvalue weighted by Gasteiger charge is 1.98. The summed E-state index contributed by atoms with van der Waals surface area (Å²) in [6, 6.07) is 1.26. The van der Waals surface area contributed by atoms with E-state index in [-0.39, 0.29) is 12.2 Å². The summed E-state index contributed by atoms with van der Waals surface area (Å²) in [6.45, 7) is 0.255. The molecule has 1 heterocycles. The molecule has 1 aromatic rings. The number of nitrogens with one attached hydrogen (secondary N) is 2. The van der Waals surface area contributed by atoms with Gasteiger partial charge in [0, 0.05) is 13.2 Å². The second-order valence-electron chi connectivity index (χ2n) is 2.15. The van der Waals surface area contributed by atoms with Gasteiger partial charge in [0.2, 0.25) is 0 Å². The van der Waals surface area contributed by atoms with Crippen molar-refractivity contribution >= 4 is 5.82 Å². The summed E-state index contributed by atoms with van der Waals surface area (Å²) in [5, 5.41) is 0. The van der Waals surface area contributed by atoms with Crippen LogP contribution in [0, 0.1) is 0 Å². The van der Waals surface area contributed by atoms with Crippen LogP contribution in [0.3, 0.4) is 0 Å². The Kier molecular flexibility index (Phi) is 2.78. The minimum absolute atomic E-state index is 0.255. The van der Waals surface area contributed by atoms with Gasteiger partial charge in [-0.3, -0.25) is 4.79 Å². The van der Waals surface area contributed by atoms with Crippen molar-refractivity contribution in [1.82, 2.24) is 9.97 Å². The molecule has 6 heteroatoms. The van der Waals surface area contributed by atoms with E-state index in [0.717, 1.165) is 0 Å². The number of ether oxygens (including phenoxy) is 1. The number of aromatic amines is 1. The van der Waals surface area contributed by atoms with Crippen molar-refractivity contribution in [3.05, 3.63) is 22.2 Å². The van der Waals surface area contributed by atoms with Crippen LogP contribution in [0.4, 0.5) is 5.82 Å². The fourth-order valence-corrected chi connectivity index (χ4v) is 0.787. The Balaban J connectivity index is 2.98. The average molecular weight is 170 g/mol. The number of hydrazine groups is 1. The molecule has 1 aromatic heterocycles. The number of methoxy groups -OCH3 is 1. The third-order valence-electron chi connectivity index (χ3n) is 1.22. The van der Waals surface area contributed by atoms with Crippen LogP contribution in [0.15, 0.2) is 10.9 Å². The van der Waals surface area contributed by atoms with Crippen molar-refractivity contribution in [3.63, 3.8) is 0 Å². The number of nitrogen functional groups attached to an aromatic ring is 1. The van der Waals surface area contributed by atoms with Crippen molar-refractivity contribution < 1.29 is 4.74 Å². The molecule has 0 aliphatic carbocycles. The highest BCUT2D eigenvalue weighted by molar-refractivity contribution is 5.30. The Hall–Kier alpha value is -1.40. The Morgan fingerprint density at radius 3 is 3.17 bits per heavy atom. The molecule has 0 radical (unpaired) electrons. The second kappa shape index (κ2) is 3.84. The topological polar surface area (TPSA) is 93.0 Å². The standard InChI is InChI=1S/C6H10N4O2/c1-12-3-5-8-4(10-7)2-6(11)9-5/h2H,3,7H2,1H3,(H2,8,9,10,11). The van der Waals surface area contributed by atoms with Crippen LogP contribution < -0.4 is 16.8 Å². The van der Waals surface area contributed by atoms with E-state index in [1.807, 2.05) is 0 Å². The highest BCUT2D eigenvalue weighted by Crippen LogP contribution is 1.96. The molecule has 0 aliphatic heterocycles. The molecule has 6 nitrogen and oxygen atoms in total. The molecule has 0 aromatic carbocycles. The van der Waals surface area contributed by atoms with Crippen LogP contribution >= 0.6 is 0 Å². The SMILES string of the molecule is COCc1nc(NN)cc(=O)[nH]1. The number of H-pyrrole nitrogens is 1. The molecular weight excluding hydrogens is 160 g/mol. The first kappa shape index (κ1) is 8.69. The third-order valence-corrected chi connectivity index (χ3v) is 1.22. The first-order valence-electron chi connectivity index (χ1n) is 3.32. The summed E-state index contributed by atoms with van der Waals surface area (Å²) < 4.78 is 4.78. The zero-order valence-corrected chi connectivity index (χ0v) is 6.63. The minimum Gasteiger partial charge on any atom is -0.377 e. The molecule has 0 bridgehead atoms. The van der Waals surface area contributed by atoms with Gasteiger partial charge in [-0.2, -0.15) is 0 Å². The smallest absolute Gasteiger partial charge is 0.253 e. The maximum Gasteiger partial charge on any atom is 0.253 e. The zero-order chi connectivity index (χ0) is 8.97. The Bertz CT molecular complexity index is 309. The molecule has 0 amide bonds. The Morgan fingerprint density at radius 1 is 1.83 bits per heavy atom. The van der Waals surface area contributed by atoms with Gasteiger partial charge in [0.25, 0.3) is 5.56 Å². The monoisotopic (exact) mass is 170 g/mol. The zero-order valence-electron chi connectivity index (χ0n) is 6.63. The summed E-state index contributed by atoms with van der Waals surface area (Å²) in [7, 11) is 1.52. The summed E-state index contributed by atoms with van der Waals surface area (Å²) in [5.41, 5.74) is 2.02. The lowest BCUT2D eigenvalue weighted by Gasteiger charge is -2.01. The van der Waals surface area contributed by atoms with Crippen molar-refractivity contribution in [2.75, 3.05) is 12.5 Å². The number of anilines is 1. The summed E-state index contributed by atoms with van der Waals surface area (Å²) >= 11 is 0.